The zero-order valence-corrected chi connectivity index (χ0v) is 47.3. The molecule has 0 bridgehead atoms. The van der Waals surface area contributed by atoms with Crippen LogP contribution in [-0.2, 0) is 14.3 Å². The second-order valence-electron chi connectivity index (χ2n) is 21.7. The van der Waals surface area contributed by atoms with Crippen molar-refractivity contribution in [1.82, 2.24) is 5.32 Å². The van der Waals surface area contributed by atoms with Crippen LogP contribution < -0.4 is 5.32 Å². The molecule has 0 heterocycles. The number of ether oxygens (including phenoxy) is 1. The Bertz CT molecular complexity index is 1090. The van der Waals surface area contributed by atoms with E-state index in [0.29, 0.717) is 25.9 Å². The Labute approximate surface area is 437 Å². The van der Waals surface area contributed by atoms with Gasteiger partial charge in [-0.1, -0.05) is 282 Å². The van der Waals surface area contributed by atoms with E-state index >= 15 is 0 Å². The van der Waals surface area contributed by atoms with Crippen LogP contribution in [0.4, 0.5) is 0 Å². The maximum absolute atomic E-state index is 12.5. The highest BCUT2D eigenvalue weighted by Crippen LogP contribution is 2.17. The van der Waals surface area contributed by atoms with Crippen LogP contribution >= 0.6 is 0 Å². The summed E-state index contributed by atoms with van der Waals surface area (Å²) in [6, 6.07) is -0.546. The summed E-state index contributed by atoms with van der Waals surface area (Å²) in [5.74, 6) is -0.0372. The van der Waals surface area contributed by atoms with Gasteiger partial charge >= 0.3 is 5.97 Å². The van der Waals surface area contributed by atoms with Crippen LogP contribution in [-0.4, -0.2) is 47.4 Å². The van der Waals surface area contributed by atoms with Crippen LogP contribution in [0.5, 0.6) is 0 Å². The molecular weight excluding hydrogens is 863 g/mol. The van der Waals surface area contributed by atoms with Crippen LogP contribution in [0.2, 0.25) is 0 Å². The number of rotatable bonds is 59. The predicted molar refractivity (Wildman–Crippen MR) is 306 cm³/mol. The van der Waals surface area contributed by atoms with E-state index in [0.717, 1.165) is 44.9 Å². The molecule has 0 aromatic rings. The van der Waals surface area contributed by atoms with Crippen molar-refractivity contribution in [2.75, 3.05) is 13.2 Å². The van der Waals surface area contributed by atoms with Gasteiger partial charge in [0.1, 0.15) is 0 Å². The van der Waals surface area contributed by atoms with Crippen LogP contribution in [0.1, 0.15) is 348 Å². The quantitative estimate of drug-likeness (QED) is 0.0321. The molecule has 3 N–H and O–H groups in total. The van der Waals surface area contributed by atoms with Crippen molar-refractivity contribution in [2.45, 2.75) is 360 Å². The minimum absolute atomic E-state index is 0.00303. The predicted octanol–water partition coefficient (Wildman–Crippen LogP) is 19.8. The van der Waals surface area contributed by atoms with E-state index in [2.05, 4.69) is 43.5 Å². The third-order valence-electron chi connectivity index (χ3n) is 14.7. The fourth-order valence-corrected chi connectivity index (χ4v) is 9.87. The molecule has 0 rings (SSSR count). The van der Waals surface area contributed by atoms with E-state index in [9.17, 15) is 19.8 Å². The van der Waals surface area contributed by atoms with Gasteiger partial charge in [-0.2, -0.15) is 0 Å². The van der Waals surface area contributed by atoms with E-state index in [1.54, 1.807) is 0 Å². The summed E-state index contributed by atoms with van der Waals surface area (Å²) < 4.78 is 5.48. The Kier molecular flexibility index (Phi) is 58.5. The molecule has 414 valence electrons. The van der Waals surface area contributed by atoms with Crippen LogP contribution in [0, 0.1) is 0 Å². The zero-order valence-electron chi connectivity index (χ0n) is 47.3. The largest absolute Gasteiger partial charge is 0.466 e. The Morgan fingerprint density at radius 3 is 1.01 bits per heavy atom. The van der Waals surface area contributed by atoms with Gasteiger partial charge in [0.05, 0.1) is 25.4 Å². The van der Waals surface area contributed by atoms with Crippen LogP contribution in [0.3, 0.4) is 0 Å². The molecule has 70 heavy (non-hydrogen) atoms. The highest BCUT2D eigenvalue weighted by molar-refractivity contribution is 5.76. The molecule has 2 atom stereocenters. The number of nitrogens with one attached hydrogen (secondary N) is 1. The SMILES string of the molecule is CCCCCCCCC/C=C\CCCCCCCC(=O)OCCCCCCCCCCCCC/C=C\CCCCCCCCCC(=O)NC(CO)C(O)CCCCCCCCCCCCCCCCC. The summed E-state index contributed by atoms with van der Waals surface area (Å²) in [6.07, 6.45) is 73.3. The molecule has 1 amide bonds. The molecule has 0 aromatic carbocycles. The molecule has 0 aliphatic carbocycles. The topological polar surface area (TPSA) is 95.9 Å². The van der Waals surface area contributed by atoms with Crippen molar-refractivity contribution < 1.29 is 24.5 Å². The fraction of sp³-hybridized carbons (Fsp3) is 0.906. The normalized spacial score (nSPS) is 12.7. The zero-order chi connectivity index (χ0) is 50.7. The molecule has 0 radical (unpaired) electrons. The van der Waals surface area contributed by atoms with E-state index in [1.165, 1.54) is 270 Å². The highest BCUT2D eigenvalue weighted by atomic mass is 16.5. The van der Waals surface area contributed by atoms with Gasteiger partial charge in [0.25, 0.3) is 0 Å². The van der Waals surface area contributed by atoms with E-state index in [-0.39, 0.29) is 18.5 Å². The molecule has 6 heteroatoms. The number of amides is 1. The van der Waals surface area contributed by atoms with Crippen LogP contribution in [0.15, 0.2) is 24.3 Å². The lowest BCUT2D eigenvalue weighted by Gasteiger charge is -2.22. The summed E-state index contributed by atoms with van der Waals surface area (Å²) in [7, 11) is 0. The average Bonchev–Trinajstić information content (AvgIpc) is 3.36. The van der Waals surface area contributed by atoms with Crippen molar-refractivity contribution in [3.05, 3.63) is 24.3 Å². The molecular formula is C64H123NO5. The first-order valence-corrected chi connectivity index (χ1v) is 31.6. The van der Waals surface area contributed by atoms with Gasteiger partial charge in [0.2, 0.25) is 5.91 Å². The third kappa shape index (κ3) is 55.7. The first-order chi connectivity index (χ1) is 34.5. The standard InChI is InChI=1S/C64H123NO5/c1-3-5-7-9-11-13-15-17-19-30-34-38-42-46-50-54-58-64(69)70-59-55-51-47-43-39-35-31-27-25-23-21-20-22-24-26-29-33-37-41-45-49-53-57-63(68)65-61(60-66)62(67)56-52-48-44-40-36-32-28-18-16-14-12-10-8-6-4-2/h19,22,24,30,61-62,66-67H,3-18,20-21,23,25-29,31-60H2,1-2H3,(H,65,68)/b24-22-,30-19-. The van der Waals surface area contributed by atoms with Gasteiger partial charge in [-0.25, -0.2) is 0 Å². The van der Waals surface area contributed by atoms with Crippen molar-refractivity contribution in [3.63, 3.8) is 0 Å². The first kappa shape index (κ1) is 68.3. The van der Waals surface area contributed by atoms with E-state index < -0.39 is 12.1 Å². The number of aliphatic hydroxyl groups excluding tert-OH is 2. The minimum atomic E-state index is -0.668. The summed E-state index contributed by atoms with van der Waals surface area (Å²) in [6.45, 7) is 4.96. The molecule has 6 nitrogen and oxygen atoms in total. The Morgan fingerprint density at radius 2 is 0.671 bits per heavy atom. The van der Waals surface area contributed by atoms with Gasteiger partial charge in [-0.05, 0) is 77.0 Å². The molecule has 0 saturated carbocycles. The molecule has 0 spiro atoms. The first-order valence-electron chi connectivity index (χ1n) is 31.6. The Morgan fingerprint density at radius 1 is 0.386 bits per heavy atom. The number of carbonyl (C=O) groups excluding carboxylic acids is 2. The molecule has 0 fully saturated rings. The highest BCUT2D eigenvalue weighted by Gasteiger charge is 2.20. The third-order valence-corrected chi connectivity index (χ3v) is 14.7. The number of allylic oxidation sites excluding steroid dienone is 4. The lowest BCUT2D eigenvalue weighted by Crippen LogP contribution is -2.45. The van der Waals surface area contributed by atoms with Crippen molar-refractivity contribution >= 4 is 11.9 Å². The summed E-state index contributed by atoms with van der Waals surface area (Å²) in [4.78, 5) is 24.6. The van der Waals surface area contributed by atoms with Gasteiger partial charge in [0.15, 0.2) is 0 Å². The van der Waals surface area contributed by atoms with Crippen molar-refractivity contribution in [3.8, 4) is 0 Å². The maximum Gasteiger partial charge on any atom is 0.305 e. The van der Waals surface area contributed by atoms with E-state index in [1.807, 2.05) is 0 Å². The molecule has 0 aliphatic heterocycles. The fourth-order valence-electron chi connectivity index (χ4n) is 9.87. The molecule has 0 aromatic heterocycles. The van der Waals surface area contributed by atoms with Gasteiger partial charge in [0, 0.05) is 12.8 Å². The van der Waals surface area contributed by atoms with Crippen molar-refractivity contribution in [1.29, 1.82) is 0 Å². The Hall–Kier alpha value is -1.66. The number of carbonyl (C=O) groups is 2. The van der Waals surface area contributed by atoms with Crippen LogP contribution in [0.25, 0.3) is 0 Å². The summed E-state index contributed by atoms with van der Waals surface area (Å²) in [5.41, 5.74) is 0. The number of hydrogen-bond donors (Lipinski definition) is 3. The molecule has 0 aliphatic rings. The lowest BCUT2D eigenvalue weighted by molar-refractivity contribution is -0.143. The summed E-state index contributed by atoms with van der Waals surface area (Å²) >= 11 is 0. The number of aliphatic hydroxyl groups is 2. The Balaban J connectivity index is 3.41. The summed E-state index contributed by atoms with van der Waals surface area (Å²) in [5, 5.41) is 23.3. The smallest absolute Gasteiger partial charge is 0.305 e. The second-order valence-corrected chi connectivity index (χ2v) is 21.7. The maximum atomic E-state index is 12.5. The van der Waals surface area contributed by atoms with Gasteiger partial charge < -0.3 is 20.3 Å². The average molecular weight is 987 g/mol. The molecule has 0 saturated heterocycles. The minimum Gasteiger partial charge on any atom is -0.466 e. The lowest BCUT2D eigenvalue weighted by atomic mass is 10.0. The molecule has 2 unspecified atom stereocenters. The van der Waals surface area contributed by atoms with Gasteiger partial charge in [-0.15, -0.1) is 0 Å². The number of unbranched alkanes of at least 4 members (excludes halogenated alkanes) is 44. The number of esters is 1. The monoisotopic (exact) mass is 986 g/mol. The number of hydrogen-bond acceptors (Lipinski definition) is 5. The van der Waals surface area contributed by atoms with Gasteiger partial charge in [-0.3, -0.25) is 9.59 Å². The second kappa shape index (κ2) is 59.9. The van der Waals surface area contributed by atoms with E-state index in [4.69, 9.17) is 4.74 Å². The van der Waals surface area contributed by atoms with Crippen molar-refractivity contribution in [2.24, 2.45) is 0 Å².